The number of thiazole rings is 2. The van der Waals surface area contributed by atoms with Crippen molar-refractivity contribution in [3.8, 4) is 23.4 Å². The maximum absolute atomic E-state index is 13.7. The summed E-state index contributed by atoms with van der Waals surface area (Å²) in [5.41, 5.74) is 3.15. The number of hydrazine groups is 1. The van der Waals surface area contributed by atoms with Crippen molar-refractivity contribution >= 4 is 86.2 Å². The van der Waals surface area contributed by atoms with Crippen molar-refractivity contribution in [3.63, 3.8) is 0 Å². The molecule has 0 N–H and O–H groups in total. The molecule has 18 heteroatoms. The zero-order valence-electron chi connectivity index (χ0n) is 45.7. The molecule has 0 radical (unpaired) electrons. The summed E-state index contributed by atoms with van der Waals surface area (Å²) in [6, 6.07) is 19.5. The molecule has 2 aromatic carbocycles. The summed E-state index contributed by atoms with van der Waals surface area (Å²) >= 11 is 2.88. The highest BCUT2D eigenvalue weighted by molar-refractivity contribution is 7.17. The lowest BCUT2D eigenvalue weighted by atomic mass is 9.89. The minimum absolute atomic E-state index is 0.0107. The number of likely N-dealkylation sites (N-methyl/N-ethyl adjacent to an activating group) is 1. The molecule has 0 spiro atoms. The third-order valence-corrected chi connectivity index (χ3v) is 15.1. The van der Waals surface area contributed by atoms with Crippen LogP contribution in [0.1, 0.15) is 140 Å². The maximum atomic E-state index is 13.7. The molecule has 76 heavy (non-hydrogen) atoms. The van der Waals surface area contributed by atoms with E-state index < -0.39 is 35.4 Å². The average Bonchev–Trinajstić information content (AvgIpc) is 4.02. The van der Waals surface area contributed by atoms with Gasteiger partial charge in [0.2, 0.25) is 5.91 Å². The van der Waals surface area contributed by atoms with Gasteiger partial charge in [-0.3, -0.25) is 33.7 Å². The van der Waals surface area contributed by atoms with Gasteiger partial charge in [-0.15, -0.1) is 0 Å². The molecule has 16 nitrogen and oxygen atoms in total. The van der Waals surface area contributed by atoms with E-state index in [1.165, 1.54) is 41.7 Å². The van der Waals surface area contributed by atoms with Gasteiger partial charge in [0.1, 0.15) is 23.3 Å². The van der Waals surface area contributed by atoms with Crippen LogP contribution < -0.4 is 9.80 Å². The van der Waals surface area contributed by atoms with Gasteiger partial charge in [-0.25, -0.2) is 14.8 Å². The molecule has 6 amide bonds. The number of hydrogen-bond acceptors (Lipinski definition) is 14. The van der Waals surface area contributed by atoms with Gasteiger partial charge in [0.25, 0.3) is 29.5 Å². The molecule has 2 aliphatic heterocycles. The second kappa shape index (κ2) is 25.6. The zero-order chi connectivity index (χ0) is 56.3. The maximum Gasteiger partial charge on any atom is 0.291 e. The molecule has 0 bridgehead atoms. The van der Waals surface area contributed by atoms with E-state index in [2.05, 4.69) is 37.4 Å². The Kier molecular flexibility index (Phi) is 19.9. The van der Waals surface area contributed by atoms with Gasteiger partial charge in [-0.2, -0.15) is 20.5 Å². The highest BCUT2D eigenvalue weighted by atomic mass is 32.1. The van der Waals surface area contributed by atoms with Crippen LogP contribution >= 0.6 is 22.7 Å². The first-order valence-corrected chi connectivity index (χ1v) is 26.9. The summed E-state index contributed by atoms with van der Waals surface area (Å²) in [6.07, 6.45) is 9.96. The van der Waals surface area contributed by atoms with Crippen LogP contribution in [0, 0.1) is 29.2 Å². The number of benzene rings is 2. The number of unbranched alkanes of at least 4 members (excludes halogenated alkanes) is 2. The van der Waals surface area contributed by atoms with Crippen molar-refractivity contribution < 1.29 is 28.8 Å². The van der Waals surface area contributed by atoms with E-state index in [0.717, 1.165) is 82.4 Å². The van der Waals surface area contributed by atoms with Crippen molar-refractivity contribution in [2.75, 3.05) is 30.4 Å². The second-order valence-corrected chi connectivity index (χ2v) is 21.7. The molecule has 2 aliphatic rings. The Hall–Kier alpha value is -7.85. The third-order valence-electron chi connectivity index (χ3n) is 12.9. The molecule has 4 aromatic rings. The molecule has 2 unspecified atom stereocenters. The predicted octanol–water partition coefficient (Wildman–Crippen LogP) is 11.6. The number of carbonyl (C=O) groups is 6. The lowest BCUT2D eigenvalue weighted by molar-refractivity contribution is -0.163. The van der Waals surface area contributed by atoms with E-state index in [1.807, 2.05) is 64.0 Å². The minimum Gasteiger partial charge on any atom is -0.354 e. The molecule has 396 valence electrons. The number of imide groups is 3. The molecule has 0 saturated heterocycles. The first-order chi connectivity index (χ1) is 36.0. The first kappa shape index (κ1) is 59.0. The number of aromatic nitrogens is 2. The van der Waals surface area contributed by atoms with Gasteiger partial charge in [0.15, 0.2) is 16.0 Å². The molecule has 0 aliphatic carbocycles. The largest absolute Gasteiger partial charge is 0.354 e. The van der Waals surface area contributed by atoms with E-state index in [0.29, 0.717) is 31.7 Å². The van der Waals surface area contributed by atoms with Crippen molar-refractivity contribution in [3.05, 3.63) is 120 Å². The molecule has 4 heterocycles. The zero-order valence-corrected chi connectivity index (χ0v) is 47.3. The van der Waals surface area contributed by atoms with Crippen LogP contribution in [0.4, 0.5) is 16.0 Å². The Morgan fingerprint density at radius 3 is 1.78 bits per heavy atom. The number of carbonyl (C=O) groups excluding carboxylic acids is 6. The smallest absolute Gasteiger partial charge is 0.291 e. The standard InChI is InChI=1S/C32H39N5O2S.C26H27N5O4S/c1-8-11-13-21(4)37(22(5)14-12-9-2)32-35-29(24-15-17-25(34-7)18-16-24)28(40-32)19-26-23(6)27(20-33)31(39)36(10-3)30(26)38;1-15-18(13-20-21(26(3,4)5)28-25(36-20)29(6)7)23(34)31(24(35)19(15)14-27)30(16(2)32)22(33)17-11-9-8-10-12-17/h15-19,21-22H,8-14H2,1-6H3;8-13H,1-7H3/b26-19-;18-13-. The van der Waals surface area contributed by atoms with Gasteiger partial charge >= 0.3 is 0 Å². The van der Waals surface area contributed by atoms with E-state index in [1.54, 1.807) is 56.3 Å². The minimum atomic E-state index is -1.04. The SMILES string of the molecule is CC(=O)N(C(=O)c1ccccc1)N1C(=O)C(C#N)=C(C)/C(=C/c2sc(N(C)C)nc2C(C)(C)C)C1=O.[C-]#[N+]c1ccc(-c2nc(N(C(C)CCCC)C(C)CCCC)sc2/C=C2\C(=O)N(CC)C(=O)C(C#N)=C2C)cc1. The van der Waals surface area contributed by atoms with Gasteiger partial charge in [-0.05, 0) is 88.5 Å². The van der Waals surface area contributed by atoms with Crippen molar-refractivity contribution in [2.24, 2.45) is 0 Å². The summed E-state index contributed by atoms with van der Waals surface area (Å²) in [4.78, 5) is 99.1. The second-order valence-electron chi connectivity index (χ2n) is 19.7. The fraction of sp³-hybridized carbons (Fsp3) is 0.397. The van der Waals surface area contributed by atoms with Gasteiger partial charge in [0.05, 0.1) is 27.7 Å². The Morgan fingerprint density at radius 1 is 0.763 bits per heavy atom. The molecule has 2 aromatic heterocycles. The van der Waals surface area contributed by atoms with Crippen LogP contribution in [0.5, 0.6) is 0 Å². The number of hydrogen-bond donors (Lipinski definition) is 0. The van der Waals surface area contributed by atoms with Crippen LogP contribution in [0.2, 0.25) is 0 Å². The van der Waals surface area contributed by atoms with E-state index in [4.69, 9.17) is 16.5 Å². The molecule has 0 fully saturated rings. The van der Waals surface area contributed by atoms with Crippen molar-refractivity contribution in [1.29, 1.82) is 10.5 Å². The highest BCUT2D eigenvalue weighted by Gasteiger charge is 2.44. The Labute approximate surface area is 454 Å². The Bertz CT molecular complexity index is 3140. The first-order valence-electron chi connectivity index (χ1n) is 25.3. The molecule has 6 rings (SSSR count). The van der Waals surface area contributed by atoms with Crippen LogP contribution in [-0.4, -0.2) is 93.1 Å². The van der Waals surface area contributed by atoms with E-state index >= 15 is 0 Å². The topological polar surface area (TPSA) is 196 Å². The Morgan fingerprint density at radius 2 is 1.29 bits per heavy atom. The number of nitriles is 2. The lowest BCUT2D eigenvalue weighted by Crippen LogP contribution is -2.57. The van der Waals surface area contributed by atoms with Crippen LogP contribution in [0.15, 0.2) is 88.0 Å². The fourth-order valence-electron chi connectivity index (χ4n) is 8.67. The third kappa shape index (κ3) is 12.8. The average molecular weight is 1060 g/mol. The quantitative estimate of drug-likeness (QED) is 0.0586. The normalized spacial score (nSPS) is 15.8. The monoisotopic (exact) mass is 1060 g/mol. The van der Waals surface area contributed by atoms with Crippen molar-refractivity contribution in [2.45, 2.75) is 132 Å². The van der Waals surface area contributed by atoms with Crippen molar-refractivity contribution in [1.82, 2.24) is 24.9 Å². The number of nitrogens with zero attached hydrogens (tertiary/aromatic N) is 10. The molecule has 0 saturated carbocycles. The number of amides is 6. The summed E-state index contributed by atoms with van der Waals surface area (Å²) in [5, 5.41) is 22.0. The number of rotatable bonds is 16. The summed E-state index contributed by atoms with van der Waals surface area (Å²) < 4.78 is 0. The van der Waals surface area contributed by atoms with Crippen LogP contribution in [0.3, 0.4) is 0 Å². The summed E-state index contributed by atoms with van der Waals surface area (Å²) in [5.74, 6) is -4.57. The molecule has 2 atom stereocenters. The summed E-state index contributed by atoms with van der Waals surface area (Å²) in [6.45, 7) is 28.3. The van der Waals surface area contributed by atoms with Gasteiger partial charge < -0.3 is 9.80 Å². The lowest BCUT2D eigenvalue weighted by Gasteiger charge is -2.35. The van der Waals surface area contributed by atoms with E-state index in [-0.39, 0.29) is 51.9 Å². The number of anilines is 2. The fourth-order valence-corrected chi connectivity index (χ4v) is 11.0. The van der Waals surface area contributed by atoms with E-state index in [9.17, 15) is 39.3 Å². The Balaban J connectivity index is 0.000000282. The van der Waals surface area contributed by atoms with Crippen LogP contribution in [-0.2, 0) is 29.4 Å². The van der Waals surface area contributed by atoms with Crippen LogP contribution in [0.25, 0.3) is 28.3 Å². The summed E-state index contributed by atoms with van der Waals surface area (Å²) in [7, 11) is 3.71. The van der Waals surface area contributed by atoms with Gasteiger partial charge in [0, 0.05) is 61.8 Å². The van der Waals surface area contributed by atoms with Gasteiger partial charge in [-0.1, -0.05) is 125 Å². The molecular weight excluding hydrogens is 997 g/mol. The predicted molar refractivity (Wildman–Crippen MR) is 300 cm³/mol. The highest BCUT2D eigenvalue weighted by Crippen LogP contribution is 2.41. The molecular formula is C58H66N10O6S2.